The van der Waals surface area contributed by atoms with Crippen LogP contribution in [-0.4, -0.2) is 47.8 Å². The van der Waals surface area contributed by atoms with Crippen molar-refractivity contribution in [2.45, 2.75) is 23.3 Å². The first kappa shape index (κ1) is 23.7. The van der Waals surface area contributed by atoms with Crippen LogP contribution in [0.5, 0.6) is 0 Å². The first-order chi connectivity index (χ1) is 16.5. The van der Waals surface area contributed by atoms with Gasteiger partial charge in [-0.3, -0.25) is 0 Å². The number of hydrogen-bond donors (Lipinski definition) is 0. The molecule has 174 valence electrons. The minimum atomic E-state index is -1.02. The highest BCUT2D eigenvalue weighted by Crippen LogP contribution is 2.32. The summed E-state index contributed by atoms with van der Waals surface area (Å²) in [5.74, 6) is -1.76. The van der Waals surface area contributed by atoms with Gasteiger partial charge in [0.2, 0.25) is 0 Å². The van der Waals surface area contributed by atoms with E-state index in [4.69, 9.17) is 18.9 Å². The number of rotatable bonds is 7. The molecular formula is C26H21BrO7. The van der Waals surface area contributed by atoms with Crippen LogP contribution < -0.4 is 0 Å². The smallest absolute Gasteiger partial charge is 0.338 e. The van der Waals surface area contributed by atoms with Gasteiger partial charge in [-0.1, -0.05) is 70.5 Å². The summed E-state index contributed by atoms with van der Waals surface area (Å²) >= 11 is 3.35. The van der Waals surface area contributed by atoms with Crippen LogP contribution in [0.2, 0.25) is 0 Å². The van der Waals surface area contributed by atoms with Gasteiger partial charge in [-0.15, -0.1) is 0 Å². The lowest BCUT2D eigenvalue weighted by Crippen LogP contribution is -2.41. The van der Waals surface area contributed by atoms with Gasteiger partial charge < -0.3 is 18.9 Å². The summed E-state index contributed by atoms with van der Waals surface area (Å²) in [6.45, 7) is -0.206. The SMILES string of the molecule is O=C(OC[C@H]1O[C@H](Br)[C@@H](OC(=O)c2ccccc2)[C@@H]1OC(=O)c1ccccc1)c1ccccc1. The second kappa shape index (κ2) is 11.1. The topological polar surface area (TPSA) is 88.1 Å². The lowest BCUT2D eigenvalue weighted by Gasteiger charge is -2.23. The zero-order valence-electron chi connectivity index (χ0n) is 17.9. The maximum Gasteiger partial charge on any atom is 0.338 e. The van der Waals surface area contributed by atoms with E-state index in [-0.39, 0.29) is 6.61 Å². The molecule has 0 aromatic heterocycles. The molecule has 0 saturated carbocycles. The van der Waals surface area contributed by atoms with Crippen LogP contribution >= 0.6 is 15.9 Å². The molecule has 1 aliphatic rings. The second-order valence-corrected chi connectivity index (χ2v) is 8.36. The highest BCUT2D eigenvalue weighted by Gasteiger charge is 2.49. The summed E-state index contributed by atoms with van der Waals surface area (Å²) in [6, 6.07) is 25.4. The minimum Gasteiger partial charge on any atom is -0.459 e. The fraction of sp³-hybridized carbons (Fsp3) is 0.192. The van der Waals surface area contributed by atoms with E-state index < -0.39 is 41.2 Å². The summed E-state index contributed by atoms with van der Waals surface area (Å²) in [6.07, 6.45) is -2.85. The van der Waals surface area contributed by atoms with Gasteiger partial charge in [0.1, 0.15) is 12.7 Å². The lowest BCUT2D eigenvalue weighted by atomic mass is 10.1. The Morgan fingerprint density at radius 1 is 0.647 bits per heavy atom. The van der Waals surface area contributed by atoms with Crippen molar-refractivity contribution < 1.29 is 33.3 Å². The van der Waals surface area contributed by atoms with E-state index in [0.29, 0.717) is 16.7 Å². The molecule has 0 spiro atoms. The zero-order valence-corrected chi connectivity index (χ0v) is 19.5. The summed E-state index contributed by atoms with van der Waals surface area (Å²) in [5.41, 5.74) is 1.05. The van der Waals surface area contributed by atoms with Crippen LogP contribution in [-0.2, 0) is 18.9 Å². The van der Waals surface area contributed by atoms with Crippen molar-refractivity contribution in [3.63, 3.8) is 0 Å². The Balaban J connectivity index is 1.51. The molecule has 1 aliphatic heterocycles. The lowest BCUT2D eigenvalue weighted by molar-refractivity contribution is -0.0435. The molecule has 3 aromatic carbocycles. The van der Waals surface area contributed by atoms with Crippen LogP contribution in [0.4, 0.5) is 0 Å². The molecule has 4 rings (SSSR count). The Bertz CT molecular complexity index is 1120. The number of carbonyl (C=O) groups is 3. The van der Waals surface area contributed by atoms with E-state index in [1.54, 1.807) is 91.0 Å². The first-order valence-electron chi connectivity index (χ1n) is 10.6. The minimum absolute atomic E-state index is 0.206. The number of hydrogen-bond acceptors (Lipinski definition) is 7. The van der Waals surface area contributed by atoms with Crippen molar-refractivity contribution in [2.75, 3.05) is 6.61 Å². The maximum absolute atomic E-state index is 12.8. The molecule has 0 amide bonds. The average Bonchev–Trinajstić information content (AvgIpc) is 3.17. The molecule has 1 fully saturated rings. The maximum atomic E-state index is 12.8. The Labute approximate surface area is 204 Å². The first-order valence-corrected chi connectivity index (χ1v) is 11.5. The van der Waals surface area contributed by atoms with Gasteiger partial charge in [-0.05, 0) is 36.4 Å². The predicted molar refractivity (Wildman–Crippen MR) is 126 cm³/mol. The largest absolute Gasteiger partial charge is 0.459 e. The third kappa shape index (κ3) is 5.70. The van der Waals surface area contributed by atoms with Gasteiger partial charge in [0.05, 0.1) is 16.7 Å². The number of esters is 3. The van der Waals surface area contributed by atoms with E-state index in [2.05, 4.69) is 15.9 Å². The Kier molecular flexibility index (Phi) is 7.72. The van der Waals surface area contributed by atoms with Crippen molar-refractivity contribution in [1.29, 1.82) is 0 Å². The van der Waals surface area contributed by atoms with Gasteiger partial charge in [0, 0.05) is 0 Å². The van der Waals surface area contributed by atoms with E-state index in [0.717, 1.165) is 0 Å². The molecule has 0 aliphatic carbocycles. The molecular weight excluding hydrogens is 504 g/mol. The van der Waals surface area contributed by atoms with Crippen molar-refractivity contribution in [2.24, 2.45) is 0 Å². The van der Waals surface area contributed by atoms with Crippen molar-refractivity contribution in [3.05, 3.63) is 108 Å². The zero-order chi connectivity index (χ0) is 23.9. The monoisotopic (exact) mass is 524 g/mol. The number of halogens is 1. The molecule has 3 aromatic rings. The highest BCUT2D eigenvalue weighted by molar-refractivity contribution is 9.09. The van der Waals surface area contributed by atoms with Gasteiger partial charge in [-0.2, -0.15) is 0 Å². The van der Waals surface area contributed by atoms with Gasteiger partial charge >= 0.3 is 17.9 Å². The Hall–Kier alpha value is -3.49. The molecule has 0 bridgehead atoms. The molecule has 1 heterocycles. The van der Waals surface area contributed by atoms with Gasteiger partial charge in [0.25, 0.3) is 0 Å². The molecule has 4 atom stereocenters. The summed E-state index contributed by atoms with van der Waals surface area (Å²) in [5, 5.41) is -0.783. The van der Waals surface area contributed by atoms with Crippen molar-refractivity contribution in [1.82, 2.24) is 0 Å². The summed E-state index contributed by atoms with van der Waals surface area (Å²) in [4.78, 5) is 37.8. The quantitative estimate of drug-likeness (QED) is 0.257. The molecule has 1 saturated heterocycles. The standard InChI is InChI=1S/C26H21BrO7/c27-23-22(34-26(30)19-14-8-3-9-15-19)21(33-25(29)18-12-6-2-7-13-18)20(32-23)16-31-24(28)17-10-4-1-5-11-17/h1-15,20-23H,16H2/t20-,21-,22+,23+/m1/s1. The van der Waals surface area contributed by atoms with E-state index in [1.165, 1.54) is 0 Å². The van der Waals surface area contributed by atoms with Gasteiger partial charge in [-0.25, -0.2) is 14.4 Å². The van der Waals surface area contributed by atoms with Crippen LogP contribution in [0.3, 0.4) is 0 Å². The molecule has 0 radical (unpaired) electrons. The Morgan fingerprint density at radius 3 is 1.53 bits per heavy atom. The third-order valence-corrected chi connectivity index (χ3v) is 5.88. The van der Waals surface area contributed by atoms with Gasteiger partial charge in [0.15, 0.2) is 17.2 Å². The van der Waals surface area contributed by atoms with Crippen molar-refractivity contribution >= 4 is 33.8 Å². The predicted octanol–water partition coefficient (Wildman–Crippen LogP) is 4.41. The van der Waals surface area contributed by atoms with E-state index in [9.17, 15) is 14.4 Å². The molecule has 0 N–H and O–H groups in total. The van der Waals surface area contributed by atoms with Crippen LogP contribution in [0.15, 0.2) is 91.0 Å². The summed E-state index contributed by atoms with van der Waals surface area (Å²) in [7, 11) is 0. The highest BCUT2D eigenvalue weighted by atomic mass is 79.9. The fourth-order valence-corrected chi connectivity index (χ4v) is 4.11. The number of ether oxygens (including phenoxy) is 4. The van der Waals surface area contributed by atoms with Crippen LogP contribution in [0.25, 0.3) is 0 Å². The number of carbonyl (C=O) groups excluding carboxylic acids is 3. The molecule has 8 heteroatoms. The third-order valence-electron chi connectivity index (χ3n) is 5.15. The van der Waals surface area contributed by atoms with Crippen LogP contribution in [0, 0.1) is 0 Å². The normalized spacial score (nSPS) is 21.4. The Morgan fingerprint density at radius 2 is 1.06 bits per heavy atom. The second-order valence-electron chi connectivity index (χ2n) is 7.46. The van der Waals surface area contributed by atoms with E-state index >= 15 is 0 Å². The summed E-state index contributed by atoms with van der Waals surface area (Å²) < 4.78 is 22.6. The molecule has 34 heavy (non-hydrogen) atoms. The van der Waals surface area contributed by atoms with Crippen LogP contribution in [0.1, 0.15) is 31.1 Å². The molecule has 7 nitrogen and oxygen atoms in total. The van der Waals surface area contributed by atoms with E-state index in [1.807, 2.05) is 0 Å². The number of alkyl halides is 1. The number of benzene rings is 3. The average molecular weight is 525 g/mol. The molecule has 0 unspecified atom stereocenters. The van der Waals surface area contributed by atoms with Crippen molar-refractivity contribution in [3.8, 4) is 0 Å². The fourth-order valence-electron chi connectivity index (χ4n) is 3.43.